The molecule has 0 aliphatic heterocycles. The van der Waals surface area contributed by atoms with Crippen LogP contribution in [-0.2, 0) is 0 Å². The summed E-state index contributed by atoms with van der Waals surface area (Å²) in [6, 6.07) is 3.55. The number of rotatable bonds is 2. The summed E-state index contributed by atoms with van der Waals surface area (Å²) in [5.41, 5.74) is 0.446. The molecule has 3 nitrogen and oxygen atoms in total. The fourth-order valence-electron chi connectivity index (χ4n) is 0.854. The molecule has 0 aromatic carbocycles. The van der Waals surface area contributed by atoms with Gasteiger partial charge in [0.2, 0.25) is 0 Å². The third-order valence-corrected chi connectivity index (χ3v) is 2.92. The van der Waals surface area contributed by atoms with E-state index < -0.39 is 15.9 Å². The van der Waals surface area contributed by atoms with Gasteiger partial charge in [0.05, 0.1) is 0 Å². The molecule has 1 radical (unpaired) electrons. The summed E-state index contributed by atoms with van der Waals surface area (Å²) < 4.78 is 0. The average Bonchev–Trinajstić information content (AvgIpc) is 2.04. The second-order valence-electron chi connectivity index (χ2n) is 2.85. The van der Waals surface area contributed by atoms with Crippen molar-refractivity contribution in [1.29, 1.82) is 0 Å². The average molecular weight is 180 g/mol. The fraction of sp³-hybridized carbons (Fsp3) is 0.286. The van der Waals surface area contributed by atoms with Crippen molar-refractivity contribution in [3.63, 3.8) is 0 Å². The first kappa shape index (κ1) is 9.44. The van der Waals surface area contributed by atoms with E-state index in [1.807, 2.05) is 6.07 Å². The predicted octanol–water partition coefficient (Wildman–Crippen LogP) is -1.28. The van der Waals surface area contributed by atoms with Crippen LogP contribution in [0.25, 0.3) is 0 Å². The Labute approximate surface area is 73.8 Å². The van der Waals surface area contributed by atoms with Crippen molar-refractivity contribution >= 4 is 26.7 Å². The topological polar surface area (TPSA) is 53.4 Å². The zero-order chi connectivity index (χ0) is 9.14. The van der Waals surface area contributed by atoms with Crippen LogP contribution < -0.4 is 10.8 Å². The molecule has 0 saturated heterocycles. The van der Waals surface area contributed by atoms with Gasteiger partial charge in [-0.05, 0) is 6.07 Å². The highest BCUT2D eigenvalue weighted by molar-refractivity contribution is 6.70. The van der Waals surface area contributed by atoms with E-state index in [1.54, 1.807) is 6.07 Å². The first-order chi connectivity index (χ1) is 5.61. The number of aromatic nitrogens is 1. The van der Waals surface area contributed by atoms with Crippen LogP contribution in [0.4, 0.5) is 0 Å². The van der Waals surface area contributed by atoms with Gasteiger partial charge in [-0.15, -0.1) is 0 Å². The van der Waals surface area contributed by atoms with Crippen molar-refractivity contribution in [3.8, 4) is 0 Å². The first-order valence-corrected chi connectivity index (χ1v) is 6.24. The molecule has 0 aliphatic carbocycles. The Hall–Kier alpha value is -0.648. The highest BCUT2D eigenvalue weighted by Crippen LogP contribution is 1.82. The smallest absolute Gasteiger partial charge is 0.423 e. The quantitative estimate of drug-likeness (QED) is 0.557. The molecular formula is C7H11BNO2Si. The number of hydrogen-bond acceptors (Lipinski definition) is 3. The summed E-state index contributed by atoms with van der Waals surface area (Å²) in [5, 5.41) is 18.6. The van der Waals surface area contributed by atoms with Gasteiger partial charge >= 0.3 is 7.12 Å². The lowest BCUT2D eigenvalue weighted by Gasteiger charge is -2.03. The van der Waals surface area contributed by atoms with Gasteiger partial charge in [0.15, 0.2) is 0 Å². The summed E-state index contributed by atoms with van der Waals surface area (Å²) in [4.78, 5) is 4.12. The molecule has 1 rings (SSSR count). The lowest BCUT2D eigenvalue weighted by atomic mass is 9.82. The largest absolute Gasteiger partial charge is 0.490 e. The van der Waals surface area contributed by atoms with E-state index >= 15 is 0 Å². The Balaban J connectivity index is 2.86. The van der Waals surface area contributed by atoms with Crippen molar-refractivity contribution < 1.29 is 10.0 Å². The molecule has 1 heterocycles. The second kappa shape index (κ2) is 3.84. The molecule has 0 unspecified atom stereocenters. The van der Waals surface area contributed by atoms with Gasteiger partial charge in [0.1, 0.15) is 8.80 Å². The Morgan fingerprint density at radius 2 is 2.00 bits per heavy atom. The van der Waals surface area contributed by atoms with E-state index in [2.05, 4.69) is 18.1 Å². The maximum absolute atomic E-state index is 8.78. The SMILES string of the molecule is C[Si](C)c1ccc(B(O)O)cn1. The molecule has 0 aliphatic rings. The van der Waals surface area contributed by atoms with Crippen LogP contribution in [-0.4, -0.2) is 30.9 Å². The standard InChI is InChI=1S/C7H11BNO2Si/c1-12(2)7-4-3-6(5-9-7)8(10)11/h3-5,10-11H,1-2H3. The monoisotopic (exact) mass is 180 g/mol. The van der Waals surface area contributed by atoms with E-state index in [-0.39, 0.29) is 0 Å². The summed E-state index contributed by atoms with van der Waals surface area (Å²) in [5.74, 6) is 0. The summed E-state index contributed by atoms with van der Waals surface area (Å²) in [7, 11) is -1.93. The molecule has 0 fully saturated rings. The number of nitrogens with zero attached hydrogens (tertiary/aromatic N) is 1. The second-order valence-corrected chi connectivity index (χ2v) is 5.36. The minimum Gasteiger partial charge on any atom is -0.423 e. The van der Waals surface area contributed by atoms with E-state index in [0.717, 1.165) is 5.32 Å². The van der Waals surface area contributed by atoms with Crippen molar-refractivity contribution in [1.82, 2.24) is 4.98 Å². The molecule has 1 aromatic rings. The molecule has 63 valence electrons. The van der Waals surface area contributed by atoms with Crippen LogP contribution in [0.1, 0.15) is 0 Å². The summed E-state index contributed by atoms with van der Waals surface area (Å²) in [6.07, 6.45) is 1.51. The van der Waals surface area contributed by atoms with Crippen molar-refractivity contribution in [2.45, 2.75) is 13.1 Å². The maximum atomic E-state index is 8.78. The van der Waals surface area contributed by atoms with Gasteiger partial charge < -0.3 is 10.0 Å². The van der Waals surface area contributed by atoms with Crippen LogP contribution in [0.3, 0.4) is 0 Å². The molecule has 12 heavy (non-hydrogen) atoms. The molecule has 0 bridgehead atoms. The minimum atomic E-state index is -1.41. The lowest BCUT2D eigenvalue weighted by Crippen LogP contribution is -2.34. The first-order valence-electron chi connectivity index (χ1n) is 3.74. The minimum absolute atomic E-state index is 0.446. The summed E-state index contributed by atoms with van der Waals surface area (Å²) in [6.45, 7) is 4.28. The molecular weight excluding hydrogens is 169 g/mol. The maximum Gasteiger partial charge on any atom is 0.490 e. The van der Waals surface area contributed by atoms with E-state index in [0.29, 0.717) is 5.46 Å². The highest BCUT2D eigenvalue weighted by atomic mass is 28.3. The van der Waals surface area contributed by atoms with Crippen LogP contribution in [0.2, 0.25) is 13.1 Å². The Bertz CT molecular complexity index is 223. The molecule has 5 heteroatoms. The van der Waals surface area contributed by atoms with Gasteiger partial charge in [-0.2, -0.15) is 0 Å². The molecule has 1 aromatic heterocycles. The lowest BCUT2D eigenvalue weighted by molar-refractivity contribution is 0.425. The van der Waals surface area contributed by atoms with E-state index in [9.17, 15) is 0 Å². The van der Waals surface area contributed by atoms with Crippen LogP contribution in [0, 0.1) is 0 Å². The van der Waals surface area contributed by atoms with Crippen molar-refractivity contribution in [2.75, 3.05) is 0 Å². The Kier molecular flexibility index (Phi) is 3.02. The predicted molar refractivity (Wildman–Crippen MR) is 51.2 cm³/mol. The Morgan fingerprint density at radius 3 is 2.33 bits per heavy atom. The molecule has 0 amide bonds. The molecule has 0 spiro atoms. The zero-order valence-electron chi connectivity index (χ0n) is 7.15. The number of hydrogen-bond donors (Lipinski definition) is 2. The van der Waals surface area contributed by atoms with Crippen LogP contribution in [0.15, 0.2) is 18.3 Å². The number of pyridine rings is 1. The molecule has 0 saturated carbocycles. The highest BCUT2D eigenvalue weighted by Gasteiger charge is 2.11. The van der Waals surface area contributed by atoms with Gasteiger partial charge in [-0.3, -0.25) is 4.98 Å². The van der Waals surface area contributed by atoms with Crippen LogP contribution >= 0.6 is 0 Å². The van der Waals surface area contributed by atoms with Crippen molar-refractivity contribution in [3.05, 3.63) is 18.3 Å². The Morgan fingerprint density at radius 1 is 1.33 bits per heavy atom. The zero-order valence-corrected chi connectivity index (χ0v) is 8.15. The van der Waals surface area contributed by atoms with E-state index in [4.69, 9.17) is 10.0 Å². The van der Waals surface area contributed by atoms with Crippen LogP contribution in [0.5, 0.6) is 0 Å². The summed E-state index contributed by atoms with van der Waals surface area (Å²) >= 11 is 0. The normalized spacial score (nSPS) is 10.4. The van der Waals surface area contributed by atoms with E-state index in [1.165, 1.54) is 6.20 Å². The molecule has 2 N–H and O–H groups in total. The fourth-order valence-corrected chi connectivity index (χ4v) is 1.59. The van der Waals surface area contributed by atoms with Gasteiger partial charge in [-0.1, -0.05) is 19.2 Å². The molecule has 0 atom stereocenters. The van der Waals surface area contributed by atoms with Gasteiger partial charge in [0, 0.05) is 17.0 Å². The third-order valence-electron chi connectivity index (χ3n) is 1.60. The third kappa shape index (κ3) is 2.17. The van der Waals surface area contributed by atoms with Gasteiger partial charge in [0.25, 0.3) is 0 Å². The van der Waals surface area contributed by atoms with Gasteiger partial charge in [-0.25, -0.2) is 0 Å². The van der Waals surface area contributed by atoms with Crippen molar-refractivity contribution in [2.24, 2.45) is 0 Å².